The molecular formula is C18H19NO6S2. The van der Waals surface area contributed by atoms with E-state index in [1.165, 1.54) is 54.1 Å². The van der Waals surface area contributed by atoms with Gasteiger partial charge in [0, 0.05) is 18.0 Å². The molecule has 0 radical (unpaired) electrons. The lowest BCUT2D eigenvalue weighted by Gasteiger charge is -2.21. The average molecular weight is 409 g/mol. The number of rotatable bonds is 8. The van der Waals surface area contributed by atoms with Crippen LogP contribution < -0.4 is 0 Å². The number of hydrogen-bond donors (Lipinski definition) is 0. The van der Waals surface area contributed by atoms with E-state index in [4.69, 9.17) is 0 Å². The Kier molecular flexibility index (Phi) is 6.89. The van der Waals surface area contributed by atoms with Gasteiger partial charge in [0.05, 0.1) is 30.2 Å². The van der Waals surface area contributed by atoms with Crippen LogP contribution in [-0.2, 0) is 26.0 Å². The second-order valence-electron chi connectivity index (χ2n) is 5.39. The van der Waals surface area contributed by atoms with Gasteiger partial charge in [0.15, 0.2) is 0 Å². The van der Waals surface area contributed by atoms with Crippen LogP contribution in [0.1, 0.15) is 25.6 Å². The zero-order valence-corrected chi connectivity index (χ0v) is 16.5. The molecule has 1 aromatic heterocycles. The van der Waals surface area contributed by atoms with Crippen molar-refractivity contribution in [2.45, 2.75) is 11.4 Å². The van der Waals surface area contributed by atoms with Crippen LogP contribution in [0.4, 0.5) is 0 Å². The molecule has 2 aromatic rings. The molecule has 0 aliphatic rings. The molecule has 144 valence electrons. The normalized spacial score (nSPS) is 11.2. The monoisotopic (exact) mass is 409 g/mol. The van der Waals surface area contributed by atoms with Crippen molar-refractivity contribution in [2.75, 3.05) is 20.8 Å². The zero-order chi connectivity index (χ0) is 20.0. The largest absolute Gasteiger partial charge is 0.465 e. The summed E-state index contributed by atoms with van der Waals surface area (Å²) in [5.74, 6) is -1.52. The van der Waals surface area contributed by atoms with E-state index < -0.39 is 22.0 Å². The first kappa shape index (κ1) is 20.8. The quantitative estimate of drug-likeness (QED) is 0.492. The number of sulfonamides is 1. The van der Waals surface area contributed by atoms with Crippen LogP contribution in [0.15, 0.2) is 53.3 Å². The number of methoxy groups -OCH3 is 2. The van der Waals surface area contributed by atoms with Crippen molar-refractivity contribution in [3.05, 3.63) is 64.4 Å². The van der Waals surface area contributed by atoms with Gasteiger partial charge in [-0.1, -0.05) is 12.1 Å². The molecule has 0 saturated heterocycles. The molecule has 0 N–H and O–H groups in total. The van der Waals surface area contributed by atoms with Crippen molar-refractivity contribution in [1.82, 2.24) is 4.31 Å². The molecule has 7 nitrogen and oxygen atoms in total. The Labute approximate surface area is 161 Å². The molecule has 1 aromatic carbocycles. The zero-order valence-electron chi connectivity index (χ0n) is 14.9. The Bertz CT molecular complexity index is 901. The average Bonchev–Trinajstić information content (AvgIpc) is 3.19. The van der Waals surface area contributed by atoms with Crippen molar-refractivity contribution in [1.29, 1.82) is 0 Å². The van der Waals surface area contributed by atoms with Crippen LogP contribution >= 0.6 is 11.3 Å². The number of thiophene rings is 1. The van der Waals surface area contributed by atoms with Gasteiger partial charge in [0.1, 0.15) is 0 Å². The Morgan fingerprint density at radius 3 is 2.19 bits per heavy atom. The summed E-state index contributed by atoms with van der Waals surface area (Å²) in [5, 5.41) is 1.85. The van der Waals surface area contributed by atoms with Crippen molar-refractivity contribution in [3.8, 4) is 0 Å². The maximum absolute atomic E-state index is 13.2. The van der Waals surface area contributed by atoms with E-state index in [1.807, 2.05) is 17.5 Å². The lowest BCUT2D eigenvalue weighted by molar-refractivity contribution is 0.0598. The van der Waals surface area contributed by atoms with Crippen molar-refractivity contribution < 1.29 is 27.5 Å². The summed E-state index contributed by atoms with van der Waals surface area (Å²) in [7, 11) is -1.68. The number of hydrogen-bond acceptors (Lipinski definition) is 7. The van der Waals surface area contributed by atoms with Crippen molar-refractivity contribution >= 4 is 33.3 Å². The van der Waals surface area contributed by atoms with Gasteiger partial charge in [0.2, 0.25) is 10.0 Å². The van der Waals surface area contributed by atoms with E-state index in [0.29, 0.717) is 0 Å². The van der Waals surface area contributed by atoms with Gasteiger partial charge in [0.25, 0.3) is 0 Å². The Hall–Kier alpha value is -2.49. The molecule has 0 saturated carbocycles. The van der Waals surface area contributed by atoms with Gasteiger partial charge in [-0.25, -0.2) is 18.0 Å². The summed E-state index contributed by atoms with van der Waals surface area (Å²) in [6.07, 6.45) is 1.47. The van der Waals surface area contributed by atoms with Gasteiger partial charge in [-0.05, 0) is 29.6 Å². The van der Waals surface area contributed by atoms with Crippen LogP contribution in [-0.4, -0.2) is 45.4 Å². The minimum atomic E-state index is -4.01. The summed E-state index contributed by atoms with van der Waals surface area (Å²) in [6, 6.07) is 7.23. The first-order valence-corrected chi connectivity index (χ1v) is 10.1. The topological polar surface area (TPSA) is 90.0 Å². The Morgan fingerprint density at radius 2 is 1.74 bits per heavy atom. The molecular weight excluding hydrogens is 390 g/mol. The van der Waals surface area contributed by atoms with Gasteiger partial charge in [-0.15, -0.1) is 17.9 Å². The number of benzene rings is 1. The summed E-state index contributed by atoms with van der Waals surface area (Å²) < 4.78 is 36.8. The summed E-state index contributed by atoms with van der Waals surface area (Å²) >= 11 is 1.42. The third-order valence-electron chi connectivity index (χ3n) is 3.63. The van der Waals surface area contributed by atoms with Crippen LogP contribution in [0.5, 0.6) is 0 Å². The minimum Gasteiger partial charge on any atom is -0.465 e. The maximum Gasteiger partial charge on any atom is 0.337 e. The van der Waals surface area contributed by atoms with Gasteiger partial charge in [-0.3, -0.25) is 0 Å². The molecule has 0 spiro atoms. The minimum absolute atomic E-state index is 0.0614. The molecule has 0 amide bonds. The predicted octanol–water partition coefficient (Wildman–Crippen LogP) is 2.70. The molecule has 0 fully saturated rings. The lowest BCUT2D eigenvalue weighted by atomic mass is 10.1. The highest BCUT2D eigenvalue weighted by Gasteiger charge is 2.27. The molecule has 0 bridgehead atoms. The third-order valence-corrected chi connectivity index (χ3v) is 6.28. The second kappa shape index (κ2) is 8.94. The molecule has 0 atom stereocenters. The van der Waals surface area contributed by atoms with Crippen LogP contribution in [0, 0.1) is 0 Å². The van der Waals surface area contributed by atoms with E-state index in [9.17, 15) is 18.0 Å². The number of carbonyl (C=O) groups excluding carboxylic acids is 2. The molecule has 0 aliphatic heterocycles. The van der Waals surface area contributed by atoms with Crippen LogP contribution in [0.3, 0.4) is 0 Å². The first-order chi connectivity index (χ1) is 12.8. The first-order valence-electron chi connectivity index (χ1n) is 7.78. The van der Waals surface area contributed by atoms with Crippen LogP contribution in [0.2, 0.25) is 0 Å². The van der Waals surface area contributed by atoms with E-state index in [1.54, 1.807) is 0 Å². The highest BCUT2D eigenvalue weighted by Crippen LogP contribution is 2.23. The molecule has 0 unspecified atom stereocenters. The number of ether oxygens (including phenoxy) is 2. The fraction of sp³-hybridized carbons (Fsp3) is 0.222. The standard InChI is InChI=1S/C18H19NO6S2/c1-4-7-19(12-15-6-5-8-26-15)27(22,23)16-10-13(17(20)24-2)9-14(11-16)18(21)25-3/h4-6,8-11H,1,7,12H2,2-3H3. The maximum atomic E-state index is 13.2. The number of nitrogens with zero attached hydrogens (tertiary/aromatic N) is 1. The van der Waals surface area contributed by atoms with E-state index in [-0.39, 0.29) is 29.1 Å². The SMILES string of the molecule is C=CCN(Cc1cccs1)S(=O)(=O)c1cc(C(=O)OC)cc(C(=O)OC)c1. The smallest absolute Gasteiger partial charge is 0.337 e. The third kappa shape index (κ3) is 4.82. The van der Waals surface area contributed by atoms with Crippen molar-refractivity contribution in [2.24, 2.45) is 0 Å². The molecule has 1 heterocycles. The summed E-state index contributed by atoms with van der Waals surface area (Å²) in [5.41, 5.74) is -0.123. The van der Waals surface area contributed by atoms with E-state index >= 15 is 0 Å². The lowest BCUT2D eigenvalue weighted by Crippen LogP contribution is -2.31. The Morgan fingerprint density at radius 1 is 1.15 bits per heavy atom. The highest BCUT2D eigenvalue weighted by atomic mass is 32.2. The van der Waals surface area contributed by atoms with E-state index in [0.717, 1.165) is 4.88 Å². The van der Waals surface area contributed by atoms with Gasteiger partial charge < -0.3 is 9.47 Å². The fourth-order valence-corrected chi connectivity index (χ4v) is 4.60. The molecule has 0 aliphatic carbocycles. The van der Waals surface area contributed by atoms with Gasteiger partial charge in [-0.2, -0.15) is 4.31 Å². The predicted molar refractivity (Wildman–Crippen MR) is 101 cm³/mol. The van der Waals surface area contributed by atoms with Gasteiger partial charge >= 0.3 is 11.9 Å². The second-order valence-corrected chi connectivity index (χ2v) is 8.37. The summed E-state index contributed by atoms with van der Waals surface area (Å²) in [4.78, 5) is 24.5. The van der Waals surface area contributed by atoms with Crippen molar-refractivity contribution in [3.63, 3.8) is 0 Å². The fourth-order valence-electron chi connectivity index (χ4n) is 2.34. The number of esters is 2. The van der Waals surface area contributed by atoms with Crippen LogP contribution in [0.25, 0.3) is 0 Å². The Balaban J connectivity index is 2.55. The van der Waals surface area contributed by atoms with E-state index in [2.05, 4.69) is 16.1 Å². The summed E-state index contributed by atoms with van der Waals surface area (Å²) in [6.45, 7) is 3.81. The molecule has 2 rings (SSSR count). The molecule has 9 heteroatoms. The molecule has 27 heavy (non-hydrogen) atoms. The number of carbonyl (C=O) groups is 2. The highest BCUT2D eigenvalue weighted by molar-refractivity contribution is 7.89.